The van der Waals surface area contributed by atoms with E-state index in [-0.39, 0.29) is 40.9 Å². The van der Waals surface area contributed by atoms with Crippen molar-refractivity contribution >= 4 is 5.97 Å². The fraction of sp³-hybridized carbons (Fsp3) is 0.125. The summed E-state index contributed by atoms with van der Waals surface area (Å²) in [6, 6.07) is 5.36. The van der Waals surface area contributed by atoms with E-state index in [1.54, 1.807) is 0 Å². The van der Waals surface area contributed by atoms with Crippen LogP contribution in [0.1, 0.15) is 10.4 Å². The number of carboxylic acids is 1. The number of hydrogen-bond acceptors (Lipinski definition) is 3. The second-order valence-electron chi connectivity index (χ2n) is 1.85. The Morgan fingerprint density at radius 2 is 1.62 bits per heavy atom. The van der Waals surface area contributed by atoms with E-state index in [2.05, 4.69) is 0 Å². The maximum absolute atomic E-state index is 10.2. The average molecular weight is 192 g/mol. The summed E-state index contributed by atoms with van der Waals surface area (Å²) in [5.41, 5.74) is 0.179. The van der Waals surface area contributed by atoms with Gasteiger partial charge in [-0.15, -0.1) is 0 Å². The second kappa shape index (κ2) is 8.07. The van der Waals surface area contributed by atoms with Gasteiger partial charge in [0.1, 0.15) is 5.75 Å². The maximum atomic E-state index is 10.2. The first-order valence-corrected chi connectivity index (χ1v) is 3.13. The molecule has 0 atom stereocenters. The molecular formula is C8H9NaO4. The zero-order chi connectivity index (χ0) is 9.56. The smallest absolute Gasteiger partial charge is 0.857 e. The van der Waals surface area contributed by atoms with Crippen LogP contribution in [0.25, 0.3) is 0 Å². The van der Waals surface area contributed by atoms with Gasteiger partial charge in [0.15, 0.2) is 0 Å². The molecule has 0 amide bonds. The number of rotatable bonds is 1. The molecule has 5 heteroatoms. The molecule has 0 fully saturated rings. The van der Waals surface area contributed by atoms with Gasteiger partial charge in [0.05, 0.1) is 5.56 Å². The Labute approximate surface area is 98.1 Å². The zero-order valence-corrected chi connectivity index (χ0v) is 9.52. The zero-order valence-electron chi connectivity index (χ0n) is 7.52. The van der Waals surface area contributed by atoms with Crippen LogP contribution >= 0.6 is 0 Å². The van der Waals surface area contributed by atoms with E-state index in [4.69, 9.17) is 15.3 Å². The summed E-state index contributed by atoms with van der Waals surface area (Å²) in [5.74, 6) is -0.912. The molecule has 0 saturated heterocycles. The summed E-state index contributed by atoms with van der Waals surface area (Å²) in [6.45, 7) is 0. The van der Waals surface area contributed by atoms with Gasteiger partial charge in [-0.05, 0) is 24.3 Å². The molecule has 0 unspecified atom stereocenters. The summed E-state index contributed by atoms with van der Waals surface area (Å²) in [7, 11) is 0.750. The molecule has 0 aliphatic rings. The van der Waals surface area contributed by atoms with Gasteiger partial charge in [0.2, 0.25) is 0 Å². The topological polar surface area (TPSA) is 80.6 Å². The molecule has 0 aromatic heterocycles. The van der Waals surface area contributed by atoms with Crippen molar-refractivity contribution in [3.63, 3.8) is 0 Å². The van der Waals surface area contributed by atoms with Gasteiger partial charge >= 0.3 is 35.5 Å². The number of carbonyl (C=O) groups is 1. The van der Waals surface area contributed by atoms with Crippen molar-refractivity contribution in [1.82, 2.24) is 0 Å². The quantitative estimate of drug-likeness (QED) is 0.467. The molecule has 1 aromatic rings. The third-order valence-corrected chi connectivity index (χ3v) is 1.11. The number of hydrogen-bond donors (Lipinski definition) is 2. The molecule has 66 valence electrons. The number of carboxylic acid groups (broad SMARTS) is 1. The normalized spacial score (nSPS) is 7.54. The van der Waals surface area contributed by atoms with Gasteiger partial charge in [-0.25, -0.2) is 4.79 Å². The minimum absolute atomic E-state index is 0. The molecule has 0 radical (unpaired) electrons. The minimum Gasteiger partial charge on any atom is -0.857 e. The fourth-order valence-corrected chi connectivity index (χ4v) is 0.604. The van der Waals surface area contributed by atoms with Gasteiger partial charge in [-0.2, -0.15) is 7.11 Å². The Bertz CT molecular complexity index is 245. The first kappa shape index (κ1) is 14.9. The van der Waals surface area contributed by atoms with Crippen molar-refractivity contribution in [2.45, 2.75) is 0 Å². The summed E-state index contributed by atoms with van der Waals surface area (Å²) < 4.78 is 0. The molecule has 0 saturated carbocycles. The van der Waals surface area contributed by atoms with Crippen molar-refractivity contribution in [1.29, 1.82) is 0 Å². The summed E-state index contributed by atoms with van der Waals surface area (Å²) >= 11 is 0. The van der Waals surface area contributed by atoms with Crippen molar-refractivity contribution in [3.05, 3.63) is 29.8 Å². The van der Waals surface area contributed by atoms with E-state index >= 15 is 0 Å². The van der Waals surface area contributed by atoms with E-state index in [0.29, 0.717) is 0 Å². The summed E-state index contributed by atoms with van der Waals surface area (Å²) in [6.07, 6.45) is 0. The van der Waals surface area contributed by atoms with Crippen molar-refractivity contribution in [2.75, 3.05) is 7.11 Å². The van der Waals surface area contributed by atoms with E-state index in [1.807, 2.05) is 0 Å². The predicted molar refractivity (Wildman–Crippen MR) is 41.0 cm³/mol. The molecular weight excluding hydrogens is 183 g/mol. The molecule has 1 aromatic carbocycles. The molecule has 0 heterocycles. The average Bonchev–Trinajstić information content (AvgIpc) is 2.09. The van der Waals surface area contributed by atoms with Gasteiger partial charge in [0, 0.05) is 0 Å². The molecule has 13 heavy (non-hydrogen) atoms. The molecule has 1 rings (SSSR count). The van der Waals surface area contributed by atoms with E-state index in [9.17, 15) is 4.79 Å². The Hall–Kier alpha value is -0.550. The van der Waals surface area contributed by atoms with Crippen molar-refractivity contribution in [3.8, 4) is 5.75 Å². The fourth-order valence-electron chi connectivity index (χ4n) is 0.604. The first-order valence-electron chi connectivity index (χ1n) is 3.13. The molecule has 2 N–H and O–H groups in total. The molecule has 0 spiro atoms. The summed E-state index contributed by atoms with van der Waals surface area (Å²) in [5, 5.41) is 25.4. The standard InChI is InChI=1S/C7H6O3.CH3O.Na/c8-6-3-1-5(2-4-6)7(9)10;1-2;/h1-4,8H,(H,9,10);1H3;/q;-1;+1. The maximum Gasteiger partial charge on any atom is 1.00 e. The second-order valence-corrected chi connectivity index (χ2v) is 1.85. The number of aromatic hydroxyl groups is 1. The molecule has 0 aliphatic heterocycles. The van der Waals surface area contributed by atoms with Gasteiger partial charge < -0.3 is 15.3 Å². The van der Waals surface area contributed by atoms with Crippen LogP contribution in [-0.2, 0) is 0 Å². The van der Waals surface area contributed by atoms with E-state index in [1.165, 1.54) is 24.3 Å². The van der Waals surface area contributed by atoms with Crippen LogP contribution < -0.4 is 34.7 Å². The van der Waals surface area contributed by atoms with Crippen LogP contribution in [0.3, 0.4) is 0 Å². The Morgan fingerprint density at radius 1 is 1.23 bits per heavy atom. The Balaban J connectivity index is 0. The number of phenolic OH excluding ortho intramolecular Hbond substituents is 1. The van der Waals surface area contributed by atoms with E-state index < -0.39 is 5.97 Å². The van der Waals surface area contributed by atoms with E-state index in [0.717, 1.165) is 7.11 Å². The van der Waals surface area contributed by atoms with Gasteiger partial charge in [-0.1, -0.05) is 0 Å². The minimum atomic E-state index is -0.986. The number of phenols is 1. The van der Waals surface area contributed by atoms with Crippen molar-refractivity contribution in [2.24, 2.45) is 0 Å². The summed E-state index contributed by atoms with van der Waals surface area (Å²) in [4.78, 5) is 10.2. The molecule has 0 aliphatic carbocycles. The van der Waals surface area contributed by atoms with Gasteiger partial charge in [-0.3, -0.25) is 0 Å². The Morgan fingerprint density at radius 3 is 1.92 bits per heavy atom. The predicted octanol–water partition coefficient (Wildman–Crippen LogP) is -2.93. The van der Waals surface area contributed by atoms with Crippen LogP contribution in [0.2, 0.25) is 0 Å². The number of aromatic carboxylic acids is 1. The van der Waals surface area contributed by atoms with Crippen LogP contribution in [0, 0.1) is 0 Å². The number of benzene rings is 1. The van der Waals surface area contributed by atoms with Crippen LogP contribution in [-0.4, -0.2) is 23.3 Å². The van der Waals surface area contributed by atoms with Crippen LogP contribution in [0.5, 0.6) is 5.75 Å². The third-order valence-electron chi connectivity index (χ3n) is 1.11. The monoisotopic (exact) mass is 192 g/mol. The largest absolute Gasteiger partial charge is 1.00 e. The van der Waals surface area contributed by atoms with Crippen LogP contribution in [0.15, 0.2) is 24.3 Å². The SMILES string of the molecule is C[O-].O=C(O)c1ccc(O)cc1.[Na+]. The molecule has 4 nitrogen and oxygen atoms in total. The van der Waals surface area contributed by atoms with Gasteiger partial charge in [0.25, 0.3) is 0 Å². The third kappa shape index (κ3) is 5.65. The van der Waals surface area contributed by atoms with Crippen LogP contribution in [0.4, 0.5) is 0 Å². The van der Waals surface area contributed by atoms with Crippen molar-refractivity contribution < 1.29 is 49.7 Å². The first-order chi connectivity index (χ1) is 5.70. The Kier molecular flexibility index (Phi) is 9.27. The molecule has 0 bridgehead atoms.